The molecule has 0 atom stereocenters. The molecule has 3 N–H and O–H groups in total. The summed E-state index contributed by atoms with van der Waals surface area (Å²) < 4.78 is 0. The fourth-order valence-corrected chi connectivity index (χ4v) is 1.19. The summed E-state index contributed by atoms with van der Waals surface area (Å²) in [6.45, 7) is 4.98. The van der Waals surface area contributed by atoms with Crippen LogP contribution in [0.25, 0.3) is 0 Å². The molecule has 0 aliphatic carbocycles. The third-order valence-corrected chi connectivity index (χ3v) is 1.97. The van der Waals surface area contributed by atoms with E-state index in [2.05, 4.69) is 11.8 Å². The van der Waals surface area contributed by atoms with E-state index in [1.807, 2.05) is 0 Å². The van der Waals surface area contributed by atoms with E-state index in [0.717, 1.165) is 32.5 Å². The number of hydrogen-bond donors (Lipinski definition) is 2. The largest absolute Gasteiger partial charge is 0.395 e. The number of hydrogen-bond acceptors (Lipinski definition) is 3. The van der Waals surface area contributed by atoms with E-state index in [9.17, 15) is 0 Å². The molecule has 0 aliphatic rings. The second-order valence-electron chi connectivity index (χ2n) is 2.73. The van der Waals surface area contributed by atoms with Crippen LogP contribution in [0, 0.1) is 0 Å². The van der Waals surface area contributed by atoms with Gasteiger partial charge in [0.15, 0.2) is 0 Å². The first-order valence-corrected chi connectivity index (χ1v) is 4.73. The molecule has 0 rings (SSSR count). The van der Waals surface area contributed by atoms with E-state index < -0.39 is 0 Å². The predicted molar refractivity (Wildman–Crippen MR) is 55.2 cm³/mol. The molecule has 0 unspecified atom stereocenters. The van der Waals surface area contributed by atoms with Gasteiger partial charge in [-0.2, -0.15) is 0 Å². The summed E-state index contributed by atoms with van der Waals surface area (Å²) in [5, 5.41) is 8.68. The number of nitrogens with two attached hydrogens (primary N) is 1. The highest BCUT2D eigenvalue weighted by Gasteiger charge is 2.00. The van der Waals surface area contributed by atoms with Gasteiger partial charge in [0, 0.05) is 6.54 Å². The summed E-state index contributed by atoms with van der Waals surface area (Å²) in [7, 11) is 0. The van der Waals surface area contributed by atoms with Crippen LogP contribution in [0.2, 0.25) is 0 Å². The molecule has 0 heterocycles. The Hall–Kier alpha value is -0.190. The summed E-state index contributed by atoms with van der Waals surface area (Å²) >= 11 is 4.76. The first kappa shape index (κ1) is 11.8. The van der Waals surface area contributed by atoms with Crippen molar-refractivity contribution in [1.82, 2.24) is 4.90 Å². The Balaban J connectivity index is 3.37. The fraction of sp³-hybridized carbons (Fsp3) is 0.875. The molecule has 72 valence electrons. The van der Waals surface area contributed by atoms with E-state index in [1.54, 1.807) is 0 Å². The van der Waals surface area contributed by atoms with Crippen LogP contribution >= 0.6 is 12.2 Å². The van der Waals surface area contributed by atoms with Crippen molar-refractivity contribution in [3.63, 3.8) is 0 Å². The highest BCUT2D eigenvalue weighted by molar-refractivity contribution is 7.80. The Morgan fingerprint density at radius 3 is 2.58 bits per heavy atom. The summed E-state index contributed by atoms with van der Waals surface area (Å²) in [6, 6.07) is 0. The van der Waals surface area contributed by atoms with Crippen LogP contribution in [0.3, 0.4) is 0 Å². The lowest BCUT2D eigenvalue weighted by Crippen LogP contribution is -2.28. The maximum absolute atomic E-state index is 8.68. The first-order chi connectivity index (χ1) is 5.70. The van der Waals surface area contributed by atoms with Crippen LogP contribution in [-0.4, -0.2) is 41.2 Å². The SMILES string of the molecule is CCN(CCO)CCCC(N)=S. The summed E-state index contributed by atoms with van der Waals surface area (Å²) in [4.78, 5) is 2.76. The quantitative estimate of drug-likeness (QED) is 0.569. The van der Waals surface area contributed by atoms with E-state index in [-0.39, 0.29) is 6.61 Å². The lowest BCUT2D eigenvalue weighted by Gasteiger charge is -2.18. The van der Waals surface area contributed by atoms with Gasteiger partial charge in [0.1, 0.15) is 0 Å². The molecule has 0 spiro atoms. The maximum Gasteiger partial charge on any atom is 0.0727 e. The zero-order chi connectivity index (χ0) is 9.40. The summed E-state index contributed by atoms with van der Waals surface area (Å²) in [5.41, 5.74) is 5.36. The van der Waals surface area contributed by atoms with Gasteiger partial charge < -0.3 is 15.7 Å². The monoisotopic (exact) mass is 190 g/mol. The fourth-order valence-electron chi connectivity index (χ4n) is 1.05. The van der Waals surface area contributed by atoms with Gasteiger partial charge in [0.25, 0.3) is 0 Å². The van der Waals surface area contributed by atoms with Gasteiger partial charge in [-0.25, -0.2) is 0 Å². The summed E-state index contributed by atoms with van der Waals surface area (Å²) in [6.07, 6.45) is 1.79. The highest BCUT2D eigenvalue weighted by Crippen LogP contribution is 1.94. The zero-order valence-corrected chi connectivity index (χ0v) is 8.44. The Bertz CT molecular complexity index is 130. The van der Waals surface area contributed by atoms with Crippen LogP contribution in [0.15, 0.2) is 0 Å². The molecule has 0 aromatic carbocycles. The Kier molecular flexibility index (Phi) is 7.34. The van der Waals surface area contributed by atoms with Crippen molar-refractivity contribution in [1.29, 1.82) is 0 Å². The number of rotatable bonds is 7. The molecule has 0 bridgehead atoms. The molecule has 0 aromatic heterocycles. The number of likely N-dealkylation sites (N-methyl/N-ethyl adjacent to an activating group) is 1. The Labute approximate surface area is 79.5 Å². The molecule has 0 radical (unpaired) electrons. The standard InChI is InChI=1S/C8H18N2OS/c1-2-10(6-7-11)5-3-4-8(9)12/h11H,2-7H2,1H3,(H2,9,12). The van der Waals surface area contributed by atoms with Crippen LogP contribution in [0.5, 0.6) is 0 Å². The highest BCUT2D eigenvalue weighted by atomic mass is 32.1. The van der Waals surface area contributed by atoms with Crippen LogP contribution < -0.4 is 5.73 Å². The molecule has 4 heteroatoms. The molecule has 0 fully saturated rings. The molecule has 12 heavy (non-hydrogen) atoms. The average Bonchev–Trinajstić information content (AvgIpc) is 2.02. The van der Waals surface area contributed by atoms with E-state index >= 15 is 0 Å². The predicted octanol–water partition coefficient (Wildman–Crippen LogP) is 0.367. The van der Waals surface area contributed by atoms with Gasteiger partial charge in [-0.15, -0.1) is 0 Å². The van der Waals surface area contributed by atoms with Crippen molar-refractivity contribution >= 4 is 17.2 Å². The van der Waals surface area contributed by atoms with Gasteiger partial charge in [-0.05, 0) is 25.9 Å². The van der Waals surface area contributed by atoms with Crippen molar-refractivity contribution < 1.29 is 5.11 Å². The number of thiocarbonyl (C=S) groups is 1. The lowest BCUT2D eigenvalue weighted by molar-refractivity contribution is 0.201. The second-order valence-corrected chi connectivity index (χ2v) is 3.25. The van der Waals surface area contributed by atoms with Crippen molar-refractivity contribution in [2.45, 2.75) is 19.8 Å². The minimum atomic E-state index is 0.223. The molecular formula is C8H18N2OS. The third-order valence-electron chi connectivity index (χ3n) is 1.76. The van der Waals surface area contributed by atoms with Crippen molar-refractivity contribution in [3.8, 4) is 0 Å². The van der Waals surface area contributed by atoms with Crippen molar-refractivity contribution in [2.75, 3.05) is 26.2 Å². The van der Waals surface area contributed by atoms with Gasteiger partial charge in [0.05, 0.1) is 11.6 Å². The second kappa shape index (κ2) is 7.46. The van der Waals surface area contributed by atoms with Crippen LogP contribution in [-0.2, 0) is 0 Å². The minimum Gasteiger partial charge on any atom is -0.395 e. The van der Waals surface area contributed by atoms with Gasteiger partial charge in [0.2, 0.25) is 0 Å². The van der Waals surface area contributed by atoms with E-state index in [0.29, 0.717) is 4.99 Å². The molecule has 0 saturated carbocycles. The Morgan fingerprint density at radius 1 is 1.50 bits per heavy atom. The van der Waals surface area contributed by atoms with Gasteiger partial charge in [-0.3, -0.25) is 0 Å². The zero-order valence-electron chi connectivity index (χ0n) is 7.62. The molecule has 0 saturated heterocycles. The number of aliphatic hydroxyl groups is 1. The minimum absolute atomic E-state index is 0.223. The van der Waals surface area contributed by atoms with Gasteiger partial charge >= 0.3 is 0 Å². The lowest BCUT2D eigenvalue weighted by atomic mass is 10.3. The topological polar surface area (TPSA) is 49.5 Å². The number of nitrogens with zero attached hydrogens (tertiary/aromatic N) is 1. The molecule has 0 amide bonds. The third kappa shape index (κ3) is 6.52. The van der Waals surface area contributed by atoms with E-state index in [4.69, 9.17) is 23.1 Å². The molecule has 0 aliphatic heterocycles. The maximum atomic E-state index is 8.68. The number of aliphatic hydroxyl groups excluding tert-OH is 1. The molecular weight excluding hydrogens is 172 g/mol. The van der Waals surface area contributed by atoms with Crippen molar-refractivity contribution in [2.24, 2.45) is 5.73 Å². The Morgan fingerprint density at radius 2 is 2.17 bits per heavy atom. The van der Waals surface area contributed by atoms with E-state index in [1.165, 1.54) is 0 Å². The average molecular weight is 190 g/mol. The molecule has 3 nitrogen and oxygen atoms in total. The van der Waals surface area contributed by atoms with Gasteiger partial charge in [-0.1, -0.05) is 19.1 Å². The van der Waals surface area contributed by atoms with Crippen LogP contribution in [0.1, 0.15) is 19.8 Å². The summed E-state index contributed by atoms with van der Waals surface area (Å²) in [5.74, 6) is 0. The first-order valence-electron chi connectivity index (χ1n) is 4.32. The normalized spacial score (nSPS) is 10.6. The smallest absolute Gasteiger partial charge is 0.0727 e. The van der Waals surface area contributed by atoms with Crippen LogP contribution in [0.4, 0.5) is 0 Å². The molecule has 0 aromatic rings. The van der Waals surface area contributed by atoms with Crippen molar-refractivity contribution in [3.05, 3.63) is 0 Å².